The van der Waals surface area contributed by atoms with E-state index in [1.54, 1.807) is 0 Å². The second kappa shape index (κ2) is 2.06. The number of nitrogens with one attached hydrogen (secondary N) is 1. The number of nitrogens with zero attached hydrogens (tertiary/aromatic N) is 3. The van der Waals surface area contributed by atoms with Gasteiger partial charge in [-0.25, -0.2) is 9.97 Å². The molecule has 2 heterocycles. The summed E-state index contributed by atoms with van der Waals surface area (Å²) in [5.74, 6) is 0.319. The average Bonchev–Trinajstić information content (AvgIpc) is 2.45. The number of halogens is 1. The minimum Gasteiger partial charge on any atom is -0.278 e. The Hall–Kier alpha value is -1.36. The van der Waals surface area contributed by atoms with Gasteiger partial charge in [0.1, 0.15) is 11.3 Å². The van der Waals surface area contributed by atoms with Crippen LogP contribution in [0.5, 0.6) is 0 Å². The minimum atomic E-state index is -0.339. The van der Waals surface area contributed by atoms with Crippen molar-refractivity contribution in [3.63, 3.8) is 0 Å². The second-order valence-corrected chi connectivity index (χ2v) is 2.34. The summed E-state index contributed by atoms with van der Waals surface area (Å²) < 4.78 is 1.17. The molecular weight excluding hydrogens is 168 g/mol. The first-order valence-electron chi connectivity index (χ1n) is 2.85. The third kappa shape index (κ3) is 0.813. The van der Waals surface area contributed by atoms with E-state index in [1.165, 1.54) is 17.0 Å². The van der Waals surface area contributed by atoms with Crippen molar-refractivity contribution in [3.8, 4) is 0 Å². The highest BCUT2D eigenvalue weighted by molar-refractivity contribution is 6.30. The average molecular weight is 171 g/mol. The van der Waals surface area contributed by atoms with Crippen molar-refractivity contribution in [2.45, 2.75) is 0 Å². The largest absolute Gasteiger partial charge is 0.292 e. The number of fused-ring (bicyclic) bond motifs is 1. The molecule has 0 spiro atoms. The Kier molecular flexibility index (Phi) is 1.19. The van der Waals surface area contributed by atoms with Gasteiger partial charge in [-0.05, 0) is 0 Å². The lowest BCUT2D eigenvalue weighted by Crippen LogP contribution is -2.14. The first kappa shape index (κ1) is 6.36. The first-order valence-corrected chi connectivity index (χ1v) is 3.23. The lowest BCUT2D eigenvalue weighted by molar-refractivity contribution is 0.899. The number of H-pyrrole nitrogens is 1. The van der Waals surface area contributed by atoms with Gasteiger partial charge < -0.3 is 0 Å². The van der Waals surface area contributed by atoms with Crippen molar-refractivity contribution < 1.29 is 0 Å². The third-order valence-corrected chi connectivity index (χ3v) is 1.53. The standard InChI is InChI=1S/C5H3ClN4O/c6-3-1-7-5-8-2-9-10(5)4(3)11/h1-2H,(H,7,8,9). The van der Waals surface area contributed by atoms with E-state index in [0.29, 0.717) is 5.78 Å². The summed E-state index contributed by atoms with van der Waals surface area (Å²) in [4.78, 5) is 18.7. The molecule has 0 saturated carbocycles. The highest BCUT2D eigenvalue weighted by Gasteiger charge is 2.01. The van der Waals surface area contributed by atoms with E-state index in [4.69, 9.17) is 11.6 Å². The van der Waals surface area contributed by atoms with E-state index < -0.39 is 0 Å². The predicted octanol–water partition coefficient (Wildman–Crippen LogP) is 0.0710. The topological polar surface area (TPSA) is 63.0 Å². The van der Waals surface area contributed by atoms with Crippen molar-refractivity contribution in [1.82, 2.24) is 19.6 Å². The molecule has 0 saturated heterocycles. The lowest BCUT2D eigenvalue weighted by atomic mass is 10.6. The summed E-state index contributed by atoms with van der Waals surface area (Å²) >= 11 is 5.50. The van der Waals surface area contributed by atoms with Crippen LogP contribution in [0, 0.1) is 0 Å². The minimum absolute atomic E-state index is 0.0757. The maximum atomic E-state index is 11.1. The van der Waals surface area contributed by atoms with Gasteiger partial charge in [0.25, 0.3) is 11.3 Å². The molecule has 6 heteroatoms. The Balaban J connectivity index is 3.05. The fraction of sp³-hybridized carbons (Fsp3) is 0. The van der Waals surface area contributed by atoms with Crippen LogP contribution < -0.4 is 5.56 Å². The van der Waals surface area contributed by atoms with Crippen molar-refractivity contribution >= 4 is 17.4 Å². The summed E-state index contributed by atoms with van der Waals surface area (Å²) in [6.45, 7) is 0. The number of rotatable bonds is 0. The number of hydrogen-bond acceptors (Lipinski definition) is 3. The molecule has 5 nitrogen and oxygen atoms in total. The van der Waals surface area contributed by atoms with Crippen LogP contribution in [0.1, 0.15) is 0 Å². The van der Waals surface area contributed by atoms with Gasteiger partial charge in [-0.3, -0.25) is 9.89 Å². The fourth-order valence-electron chi connectivity index (χ4n) is 0.777. The second-order valence-electron chi connectivity index (χ2n) is 1.93. The summed E-state index contributed by atoms with van der Waals surface area (Å²) in [5.41, 5.74) is -0.339. The van der Waals surface area contributed by atoms with Crippen molar-refractivity contribution in [3.05, 3.63) is 27.9 Å². The van der Waals surface area contributed by atoms with E-state index in [1.807, 2.05) is 0 Å². The molecule has 0 radical (unpaired) electrons. The normalized spacial score (nSPS) is 10.6. The van der Waals surface area contributed by atoms with Gasteiger partial charge in [0.15, 0.2) is 0 Å². The molecule has 0 amide bonds. The molecule has 0 aliphatic heterocycles. The van der Waals surface area contributed by atoms with Gasteiger partial charge >= 0.3 is 0 Å². The van der Waals surface area contributed by atoms with Crippen molar-refractivity contribution in [2.75, 3.05) is 0 Å². The van der Waals surface area contributed by atoms with Crippen LogP contribution in [-0.2, 0) is 0 Å². The Morgan fingerprint density at radius 3 is 3.18 bits per heavy atom. The molecule has 2 aromatic heterocycles. The summed E-state index contributed by atoms with van der Waals surface area (Å²) in [6, 6.07) is 0. The Morgan fingerprint density at radius 2 is 2.36 bits per heavy atom. The highest BCUT2D eigenvalue weighted by Crippen LogP contribution is 1.97. The predicted molar refractivity (Wildman–Crippen MR) is 38.6 cm³/mol. The number of aromatic amines is 1. The van der Waals surface area contributed by atoms with E-state index >= 15 is 0 Å². The maximum Gasteiger partial charge on any atom is 0.292 e. The van der Waals surface area contributed by atoms with Gasteiger partial charge in [-0.1, -0.05) is 11.6 Å². The third-order valence-electron chi connectivity index (χ3n) is 1.27. The van der Waals surface area contributed by atoms with E-state index in [-0.39, 0.29) is 10.6 Å². The quantitative estimate of drug-likeness (QED) is 0.609. The van der Waals surface area contributed by atoms with Crippen LogP contribution in [0.2, 0.25) is 5.02 Å². The molecule has 2 aromatic rings. The summed E-state index contributed by atoms with van der Waals surface area (Å²) in [5, 5.41) is 2.65. The van der Waals surface area contributed by atoms with Gasteiger partial charge in [0, 0.05) is 0 Å². The Morgan fingerprint density at radius 1 is 1.55 bits per heavy atom. The van der Waals surface area contributed by atoms with Crippen molar-refractivity contribution in [2.24, 2.45) is 0 Å². The molecule has 0 aliphatic carbocycles. The van der Waals surface area contributed by atoms with Crippen LogP contribution in [0.3, 0.4) is 0 Å². The molecule has 0 aromatic carbocycles. The van der Waals surface area contributed by atoms with Gasteiger partial charge in [0.2, 0.25) is 0 Å². The Bertz CT molecular complexity index is 445. The van der Waals surface area contributed by atoms with Crippen LogP contribution in [0.15, 0.2) is 17.3 Å². The fourth-order valence-corrected chi connectivity index (χ4v) is 0.910. The summed E-state index contributed by atoms with van der Waals surface area (Å²) in [7, 11) is 0. The SMILES string of the molecule is O=c1c(Cl)cnc2nc[nH]n12. The highest BCUT2D eigenvalue weighted by atomic mass is 35.5. The van der Waals surface area contributed by atoms with Gasteiger partial charge in [-0.2, -0.15) is 4.52 Å². The zero-order valence-electron chi connectivity index (χ0n) is 5.28. The molecular formula is C5H3ClN4O. The summed E-state index contributed by atoms with van der Waals surface area (Å²) in [6.07, 6.45) is 2.65. The maximum absolute atomic E-state index is 11.1. The molecule has 56 valence electrons. The Labute approximate surface area is 65.6 Å². The number of hydrogen-bond donors (Lipinski definition) is 1. The first-order chi connectivity index (χ1) is 5.29. The molecule has 11 heavy (non-hydrogen) atoms. The molecule has 0 fully saturated rings. The zero-order valence-corrected chi connectivity index (χ0v) is 6.04. The van der Waals surface area contributed by atoms with Crippen LogP contribution in [0.25, 0.3) is 5.78 Å². The number of aromatic nitrogens is 4. The zero-order chi connectivity index (χ0) is 7.84. The van der Waals surface area contributed by atoms with E-state index in [9.17, 15) is 4.79 Å². The molecule has 0 aliphatic rings. The van der Waals surface area contributed by atoms with Gasteiger partial charge in [-0.15, -0.1) is 0 Å². The van der Waals surface area contributed by atoms with Gasteiger partial charge in [0.05, 0.1) is 6.20 Å². The molecule has 0 atom stereocenters. The monoisotopic (exact) mass is 170 g/mol. The van der Waals surface area contributed by atoms with E-state index in [0.717, 1.165) is 0 Å². The van der Waals surface area contributed by atoms with E-state index in [2.05, 4.69) is 15.1 Å². The van der Waals surface area contributed by atoms with Crippen LogP contribution in [-0.4, -0.2) is 19.6 Å². The molecule has 0 bridgehead atoms. The van der Waals surface area contributed by atoms with Crippen molar-refractivity contribution in [1.29, 1.82) is 0 Å². The molecule has 0 unspecified atom stereocenters. The molecule has 2 rings (SSSR count). The molecule has 1 N–H and O–H groups in total. The van der Waals surface area contributed by atoms with Crippen LogP contribution in [0.4, 0.5) is 0 Å². The van der Waals surface area contributed by atoms with Crippen LogP contribution >= 0.6 is 11.6 Å². The lowest BCUT2D eigenvalue weighted by Gasteiger charge is -1.89. The smallest absolute Gasteiger partial charge is 0.278 e.